The first-order chi connectivity index (χ1) is 14.9. The molecule has 0 amide bonds. The highest BCUT2D eigenvalue weighted by atomic mass is 19.1. The van der Waals surface area contributed by atoms with Gasteiger partial charge in [0, 0.05) is 32.4 Å². The number of benzene rings is 2. The Hall–Kier alpha value is -3.43. The first kappa shape index (κ1) is 20.8. The summed E-state index contributed by atoms with van der Waals surface area (Å²) in [7, 11) is 1.61. The molecule has 0 bridgehead atoms. The standard InChI is InChI=1S/C22H25FN6O2/c1-3-9-29(11-10-28(2)31)13-7-8-15-17(12-13)26-21(25-15)19-20(24)18-14(23)5-4-6-16(18)27-22(19)30/h4-8,12,31H,3,9-11H2,1-2H3,(H,25,26)(H3,24,27,30). The molecule has 0 aliphatic heterocycles. The van der Waals surface area contributed by atoms with Crippen LogP contribution in [0.15, 0.2) is 41.2 Å². The average molecular weight is 424 g/mol. The fourth-order valence-corrected chi connectivity index (χ4v) is 3.79. The number of imidazole rings is 1. The molecule has 5 N–H and O–H groups in total. The second kappa shape index (κ2) is 8.37. The second-order valence-electron chi connectivity index (χ2n) is 7.56. The van der Waals surface area contributed by atoms with Gasteiger partial charge in [-0.05, 0) is 36.8 Å². The molecule has 2 aromatic carbocycles. The molecule has 0 fully saturated rings. The number of rotatable bonds is 7. The third-order valence-electron chi connectivity index (χ3n) is 5.28. The van der Waals surface area contributed by atoms with Crippen LogP contribution in [0.5, 0.6) is 0 Å². The normalized spacial score (nSPS) is 11.6. The Morgan fingerprint density at radius 3 is 2.68 bits per heavy atom. The third-order valence-corrected chi connectivity index (χ3v) is 5.28. The predicted molar refractivity (Wildman–Crippen MR) is 121 cm³/mol. The number of nitrogen functional groups attached to an aromatic ring is 1. The molecule has 0 aliphatic carbocycles. The zero-order valence-corrected chi connectivity index (χ0v) is 17.4. The number of fused-ring (bicyclic) bond motifs is 2. The summed E-state index contributed by atoms with van der Waals surface area (Å²) in [6.45, 7) is 4.08. The highest BCUT2D eigenvalue weighted by Crippen LogP contribution is 2.30. The van der Waals surface area contributed by atoms with Gasteiger partial charge in [-0.3, -0.25) is 4.79 Å². The van der Waals surface area contributed by atoms with Crippen LogP contribution in [-0.2, 0) is 0 Å². The molecule has 4 aromatic rings. The lowest BCUT2D eigenvalue weighted by molar-refractivity contribution is -0.0618. The van der Waals surface area contributed by atoms with E-state index < -0.39 is 11.4 Å². The van der Waals surface area contributed by atoms with Crippen molar-refractivity contribution in [2.24, 2.45) is 0 Å². The molecule has 2 heterocycles. The van der Waals surface area contributed by atoms with E-state index in [-0.39, 0.29) is 22.5 Å². The summed E-state index contributed by atoms with van der Waals surface area (Å²) in [5, 5.41) is 10.8. The molecule has 0 unspecified atom stereocenters. The van der Waals surface area contributed by atoms with Crippen LogP contribution < -0.4 is 16.2 Å². The minimum Gasteiger partial charge on any atom is -0.397 e. The number of nitrogens with one attached hydrogen (secondary N) is 2. The Labute approximate surface area is 178 Å². The van der Waals surface area contributed by atoms with Gasteiger partial charge in [0.05, 0.1) is 27.6 Å². The number of halogens is 1. The van der Waals surface area contributed by atoms with Crippen molar-refractivity contribution >= 4 is 33.3 Å². The number of aromatic amines is 2. The molecule has 162 valence electrons. The van der Waals surface area contributed by atoms with Crippen LogP contribution >= 0.6 is 0 Å². The van der Waals surface area contributed by atoms with E-state index in [1.807, 2.05) is 18.2 Å². The number of hydrogen-bond acceptors (Lipinski definition) is 6. The molecule has 4 rings (SSSR count). The van der Waals surface area contributed by atoms with E-state index in [0.29, 0.717) is 24.1 Å². The molecule has 0 radical (unpaired) electrons. The van der Waals surface area contributed by atoms with Gasteiger partial charge in [-0.1, -0.05) is 13.0 Å². The maximum atomic E-state index is 14.4. The van der Waals surface area contributed by atoms with Crippen molar-refractivity contribution in [1.82, 2.24) is 20.0 Å². The molecule has 0 saturated heterocycles. The van der Waals surface area contributed by atoms with E-state index in [9.17, 15) is 14.4 Å². The topological polar surface area (TPSA) is 114 Å². The monoisotopic (exact) mass is 424 g/mol. The molecular weight excluding hydrogens is 399 g/mol. The lowest BCUT2D eigenvalue weighted by atomic mass is 10.1. The summed E-state index contributed by atoms with van der Waals surface area (Å²) in [6.07, 6.45) is 0.954. The number of nitrogens with zero attached hydrogens (tertiary/aromatic N) is 3. The van der Waals surface area contributed by atoms with Crippen LogP contribution in [0.4, 0.5) is 15.8 Å². The molecule has 0 aliphatic rings. The summed E-state index contributed by atoms with van der Waals surface area (Å²) >= 11 is 0. The molecule has 8 nitrogen and oxygen atoms in total. The fourth-order valence-electron chi connectivity index (χ4n) is 3.79. The molecular formula is C22H25FN6O2. The maximum absolute atomic E-state index is 14.4. The van der Waals surface area contributed by atoms with E-state index in [2.05, 4.69) is 26.8 Å². The summed E-state index contributed by atoms with van der Waals surface area (Å²) in [6, 6.07) is 10.2. The lowest BCUT2D eigenvalue weighted by Gasteiger charge is -2.25. The first-order valence-corrected chi connectivity index (χ1v) is 10.1. The van der Waals surface area contributed by atoms with Crippen LogP contribution in [0.2, 0.25) is 0 Å². The van der Waals surface area contributed by atoms with E-state index in [1.54, 1.807) is 13.1 Å². The van der Waals surface area contributed by atoms with Gasteiger partial charge in [0.15, 0.2) is 0 Å². The van der Waals surface area contributed by atoms with Crippen LogP contribution in [0.3, 0.4) is 0 Å². The minimum atomic E-state index is -0.505. The molecule has 0 spiro atoms. The van der Waals surface area contributed by atoms with Crippen LogP contribution in [0.1, 0.15) is 13.3 Å². The SMILES string of the molecule is CCCN(CCN(C)O)c1ccc2nc(-c3c(N)c4c(F)cccc4[nH]c3=O)[nH]c2c1. The smallest absolute Gasteiger partial charge is 0.261 e. The van der Waals surface area contributed by atoms with Crippen LogP contribution in [-0.4, -0.2) is 51.9 Å². The van der Waals surface area contributed by atoms with E-state index in [4.69, 9.17) is 5.73 Å². The van der Waals surface area contributed by atoms with Gasteiger partial charge in [-0.2, -0.15) is 5.06 Å². The molecule has 9 heteroatoms. The Kier molecular flexibility index (Phi) is 5.62. The molecule has 0 atom stereocenters. The minimum absolute atomic E-state index is 0.0507. The summed E-state index contributed by atoms with van der Waals surface area (Å²) < 4.78 is 14.4. The number of hydrogen-bond donors (Lipinski definition) is 4. The zero-order chi connectivity index (χ0) is 22.1. The van der Waals surface area contributed by atoms with Crippen molar-refractivity contribution in [3.8, 4) is 11.4 Å². The van der Waals surface area contributed by atoms with Crippen molar-refractivity contribution in [3.63, 3.8) is 0 Å². The van der Waals surface area contributed by atoms with E-state index >= 15 is 0 Å². The molecule has 0 saturated carbocycles. The quantitative estimate of drug-likeness (QED) is 0.338. The largest absolute Gasteiger partial charge is 0.397 e. The van der Waals surface area contributed by atoms with Crippen molar-refractivity contribution in [2.45, 2.75) is 13.3 Å². The highest BCUT2D eigenvalue weighted by Gasteiger charge is 2.18. The molecule has 31 heavy (non-hydrogen) atoms. The van der Waals surface area contributed by atoms with Crippen molar-refractivity contribution in [3.05, 3.63) is 52.6 Å². The number of pyridine rings is 1. The number of anilines is 2. The summed E-state index contributed by atoms with van der Waals surface area (Å²) in [5.41, 5.74) is 8.65. The van der Waals surface area contributed by atoms with Gasteiger partial charge in [0.1, 0.15) is 17.2 Å². The van der Waals surface area contributed by atoms with Gasteiger partial charge in [-0.15, -0.1) is 0 Å². The summed E-state index contributed by atoms with van der Waals surface area (Å²) in [4.78, 5) is 25.2. The lowest BCUT2D eigenvalue weighted by Crippen LogP contribution is -2.32. The Balaban J connectivity index is 1.78. The number of likely N-dealkylation sites (N-methyl/N-ethyl adjacent to an activating group) is 1. The van der Waals surface area contributed by atoms with Gasteiger partial charge >= 0.3 is 0 Å². The summed E-state index contributed by atoms with van der Waals surface area (Å²) in [5.74, 6) is -0.219. The molecule has 2 aromatic heterocycles. The average Bonchev–Trinajstić information content (AvgIpc) is 3.13. The van der Waals surface area contributed by atoms with Crippen LogP contribution in [0, 0.1) is 5.82 Å². The number of H-pyrrole nitrogens is 2. The highest BCUT2D eigenvalue weighted by molar-refractivity contribution is 5.98. The Morgan fingerprint density at radius 2 is 1.94 bits per heavy atom. The predicted octanol–water partition coefficient (Wildman–Crippen LogP) is 3.33. The number of hydroxylamine groups is 2. The van der Waals surface area contributed by atoms with Gasteiger partial charge in [0.2, 0.25) is 0 Å². The number of aromatic nitrogens is 3. The van der Waals surface area contributed by atoms with Gasteiger partial charge in [-0.25, -0.2) is 9.37 Å². The van der Waals surface area contributed by atoms with Gasteiger partial charge in [0.25, 0.3) is 5.56 Å². The zero-order valence-electron chi connectivity index (χ0n) is 17.4. The van der Waals surface area contributed by atoms with E-state index in [1.165, 1.54) is 12.1 Å². The number of nitrogens with two attached hydrogens (primary N) is 1. The Morgan fingerprint density at radius 1 is 1.13 bits per heavy atom. The fraction of sp³-hybridized carbons (Fsp3) is 0.273. The van der Waals surface area contributed by atoms with Crippen LogP contribution in [0.25, 0.3) is 33.3 Å². The van der Waals surface area contributed by atoms with Crippen molar-refractivity contribution < 1.29 is 9.60 Å². The van der Waals surface area contributed by atoms with E-state index in [0.717, 1.165) is 29.2 Å². The first-order valence-electron chi connectivity index (χ1n) is 10.1. The maximum Gasteiger partial charge on any atom is 0.261 e. The third kappa shape index (κ3) is 3.97. The second-order valence-corrected chi connectivity index (χ2v) is 7.56. The Bertz CT molecular complexity index is 1300. The van der Waals surface area contributed by atoms with Gasteiger partial charge < -0.3 is 25.8 Å². The van der Waals surface area contributed by atoms with Crippen molar-refractivity contribution in [2.75, 3.05) is 37.3 Å². The van der Waals surface area contributed by atoms with Crippen molar-refractivity contribution in [1.29, 1.82) is 0 Å².